The molecule has 6 nitrogen and oxygen atoms in total. The molecule has 0 amide bonds. The van der Waals surface area contributed by atoms with Gasteiger partial charge in [-0.2, -0.15) is 0 Å². The van der Waals surface area contributed by atoms with Gasteiger partial charge in [-0.3, -0.25) is 4.90 Å². The van der Waals surface area contributed by atoms with Crippen molar-refractivity contribution in [2.45, 2.75) is 43.5 Å². The number of β-amino-alcohol motifs (C(OH)–C–C–N with tert-alkyl or cyclic N) is 2. The molecule has 0 unspecified atom stereocenters. The Morgan fingerprint density at radius 3 is 2.77 bits per heavy atom. The Morgan fingerprint density at radius 2 is 2.04 bits per heavy atom. The van der Waals surface area contributed by atoms with E-state index in [4.69, 9.17) is 21.1 Å². The second kappa shape index (κ2) is 8.00. The second-order valence-corrected chi connectivity index (χ2v) is 8.09. The van der Waals surface area contributed by atoms with E-state index in [0.29, 0.717) is 56.3 Å². The number of aliphatic hydroxyl groups is 3. The fourth-order valence-electron chi connectivity index (χ4n) is 3.67. The van der Waals surface area contributed by atoms with Crippen LogP contribution in [0.15, 0.2) is 18.2 Å². The minimum absolute atomic E-state index is 0.0601. The van der Waals surface area contributed by atoms with Gasteiger partial charge in [0.05, 0.1) is 16.7 Å². The maximum Gasteiger partial charge on any atom is 0.138 e. The van der Waals surface area contributed by atoms with Crippen molar-refractivity contribution in [2.75, 3.05) is 39.5 Å². The third-order valence-corrected chi connectivity index (χ3v) is 5.65. The van der Waals surface area contributed by atoms with E-state index in [1.807, 2.05) is 24.0 Å². The molecule has 2 aliphatic rings. The standard InChI is InChI=1S/C19H28ClNO5/c1-14-2-3-15(20)16(10-14)26-13-19(24)12-21(7-4-17(19)22)11-18(23)5-8-25-9-6-18/h2-3,10,17,22-24H,4-9,11-13H2,1H3/t17-,19-/m0/s1. The third-order valence-electron chi connectivity index (χ3n) is 5.34. The van der Waals surface area contributed by atoms with Gasteiger partial charge in [0.1, 0.15) is 18.0 Å². The lowest BCUT2D eigenvalue weighted by Crippen LogP contribution is -2.62. The second-order valence-electron chi connectivity index (χ2n) is 7.68. The van der Waals surface area contributed by atoms with Crippen molar-refractivity contribution < 1.29 is 24.8 Å². The van der Waals surface area contributed by atoms with Crippen LogP contribution in [0.3, 0.4) is 0 Å². The Balaban J connectivity index is 1.63. The van der Waals surface area contributed by atoms with E-state index in [0.717, 1.165) is 5.56 Å². The van der Waals surface area contributed by atoms with Crippen molar-refractivity contribution in [3.05, 3.63) is 28.8 Å². The Bertz CT molecular complexity index is 622. The molecule has 0 aromatic heterocycles. The van der Waals surface area contributed by atoms with Gasteiger partial charge < -0.3 is 24.8 Å². The number of aryl methyl sites for hydroxylation is 1. The van der Waals surface area contributed by atoms with Gasteiger partial charge >= 0.3 is 0 Å². The Hall–Kier alpha value is -0.890. The molecule has 2 fully saturated rings. The molecule has 1 aromatic rings. The molecule has 2 saturated heterocycles. The van der Waals surface area contributed by atoms with E-state index in [1.165, 1.54) is 0 Å². The summed E-state index contributed by atoms with van der Waals surface area (Å²) in [5, 5.41) is 32.5. The molecule has 0 spiro atoms. The minimum atomic E-state index is -1.41. The molecule has 0 saturated carbocycles. The van der Waals surface area contributed by atoms with Crippen LogP contribution in [-0.2, 0) is 4.74 Å². The van der Waals surface area contributed by atoms with E-state index in [1.54, 1.807) is 6.07 Å². The van der Waals surface area contributed by atoms with E-state index in [2.05, 4.69) is 0 Å². The zero-order chi connectivity index (χ0) is 18.8. The summed E-state index contributed by atoms with van der Waals surface area (Å²) in [5.41, 5.74) is -1.21. The van der Waals surface area contributed by atoms with Crippen molar-refractivity contribution in [3.8, 4) is 5.75 Å². The highest BCUT2D eigenvalue weighted by Gasteiger charge is 2.44. The summed E-state index contributed by atoms with van der Waals surface area (Å²) in [5.74, 6) is 0.493. The van der Waals surface area contributed by atoms with Crippen LogP contribution in [0.2, 0.25) is 5.02 Å². The molecule has 0 bridgehead atoms. The summed E-state index contributed by atoms with van der Waals surface area (Å²) in [7, 11) is 0. The maximum atomic E-state index is 11.0. The number of ether oxygens (including phenoxy) is 2. The average Bonchev–Trinajstić information content (AvgIpc) is 2.59. The van der Waals surface area contributed by atoms with Crippen LogP contribution >= 0.6 is 11.6 Å². The number of benzene rings is 1. The Labute approximate surface area is 159 Å². The summed E-state index contributed by atoms with van der Waals surface area (Å²) in [4.78, 5) is 2.00. The molecule has 26 heavy (non-hydrogen) atoms. The van der Waals surface area contributed by atoms with Crippen molar-refractivity contribution in [1.29, 1.82) is 0 Å². The summed E-state index contributed by atoms with van der Waals surface area (Å²) in [6, 6.07) is 5.44. The normalized spacial score (nSPS) is 29.5. The van der Waals surface area contributed by atoms with Gasteiger partial charge in [-0.25, -0.2) is 0 Å². The fraction of sp³-hybridized carbons (Fsp3) is 0.684. The predicted molar refractivity (Wildman–Crippen MR) is 98.7 cm³/mol. The van der Waals surface area contributed by atoms with Gasteiger partial charge in [-0.05, 0) is 31.0 Å². The van der Waals surface area contributed by atoms with Crippen molar-refractivity contribution >= 4 is 11.6 Å². The number of piperidine rings is 1. The van der Waals surface area contributed by atoms with Crippen LogP contribution in [0.1, 0.15) is 24.8 Å². The average molecular weight is 386 g/mol. The first-order valence-electron chi connectivity index (χ1n) is 9.12. The first-order chi connectivity index (χ1) is 12.3. The molecule has 1 aromatic carbocycles. The summed E-state index contributed by atoms with van der Waals surface area (Å²) in [6.07, 6.45) is 0.708. The molecule has 2 heterocycles. The minimum Gasteiger partial charge on any atom is -0.489 e. The van der Waals surface area contributed by atoms with E-state index in [9.17, 15) is 15.3 Å². The lowest BCUT2D eigenvalue weighted by molar-refractivity contribution is -0.154. The van der Waals surface area contributed by atoms with E-state index in [-0.39, 0.29) is 13.2 Å². The Morgan fingerprint density at radius 1 is 1.31 bits per heavy atom. The largest absolute Gasteiger partial charge is 0.489 e. The molecule has 3 N–H and O–H groups in total. The van der Waals surface area contributed by atoms with E-state index < -0.39 is 17.3 Å². The number of hydrogen-bond acceptors (Lipinski definition) is 6. The van der Waals surface area contributed by atoms with Crippen LogP contribution < -0.4 is 4.74 Å². The van der Waals surface area contributed by atoms with Crippen LogP contribution in [-0.4, -0.2) is 77.0 Å². The van der Waals surface area contributed by atoms with Crippen molar-refractivity contribution in [2.24, 2.45) is 0 Å². The number of aliphatic hydroxyl groups excluding tert-OH is 1. The number of likely N-dealkylation sites (tertiary alicyclic amines) is 1. The molecule has 0 aliphatic carbocycles. The molecule has 0 radical (unpaired) electrons. The highest BCUT2D eigenvalue weighted by molar-refractivity contribution is 6.32. The smallest absolute Gasteiger partial charge is 0.138 e. The van der Waals surface area contributed by atoms with Crippen LogP contribution in [0.5, 0.6) is 5.75 Å². The number of nitrogens with zero attached hydrogens (tertiary/aromatic N) is 1. The van der Waals surface area contributed by atoms with Crippen LogP contribution in [0, 0.1) is 6.92 Å². The highest BCUT2D eigenvalue weighted by Crippen LogP contribution is 2.30. The zero-order valence-electron chi connectivity index (χ0n) is 15.2. The van der Waals surface area contributed by atoms with Crippen molar-refractivity contribution in [3.63, 3.8) is 0 Å². The van der Waals surface area contributed by atoms with Gasteiger partial charge in [-0.15, -0.1) is 0 Å². The topological polar surface area (TPSA) is 82.4 Å². The van der Waals surface area contributed by atoms with Crippen LogP contribution in [0.4, 0.5) is 0 Å². The predicted octanol–water partition coefficient (Wildman–Crippen LogP) is 1.37. The summed E-state index contributed by atoms with van der Waals surface area (Å²) >= 11 is 6.15. The molecule has 3 rings (SSSR count). The van der Waals surface area contributed by atoms with Gasteiger partial charge in [0.15, 0.2) is 0 Å². The van der Waals surface area contributed by atoms with Gasteiger partial charge in [0, 0.05) is 45.7 Å². The summed E-state index contributed by atoms with van der Waals surface area (Å²) < 4.78 is 11.1. The molecule has 2 atom stereocenters. The zero-order valence-corrected chi connectivity index (χ0v) is 15.9. The van der Waals surface area contributed by atoms with Crippen LogP contribution in [0.25, 0.3) is 0 Å². The quantitative estimate of drug-likeness (QED) is 0.710. The molecular weight excluding hydrogens is 358 g/mol. The first kappa shape index (κ1) is 19.9. The summed E-state index contributed by atoms with van der Waals surface area (Å²) in [6.45, 7) is 4.28. The van der Waals surface area contributed by atoms with Crippen molar-refractivity contribution in [1.82, 2.24) is 4.90 Å². The molecule has 2 aliphatic heterocycles. The maximum absolute atomic E-state index is 11.0. The fourth-order valence-corrected chi connectivity index (χ4v) is 3.84. The lowest BCUT2D eigenvalue weighted by atomic mass is 9.87. The first-order valence-corrected chi connectivity index (χ1v) is 9.49. The Kier molecular flexibility index (Phi) is 6.11. The van der Waals surface area contributed by atoms with E-state index >= 15 is 0 Å². The van der Waals surface area contributed by atoms with Gasteiger partial charge in [-0.1, -0.05) is 17.7 Å². The molecule has 7 heteroatoms. The molecule has 146 valence electrons. The number of rotatable bonds is 5. The lowest BCUT2D eigenvalue weighted by Gasteiger charge is -2.45. The number of hydrogen-bond donors (Lipinski definition) is 3. The van der Waals surface area contributed by atoms with Gasteiger partial charge in [0.2, 0.25) is 0 Å². The highest BCUT2D eigenvalue weighted by atomic mass is 35.5. The third kappa shape index (κ3) is 4.68. The van der Waals surface area contributed by atoms with Gasteiger partial charge in [0.25, 0.3) is 0 Å². The monoisotopic (exact) mass is 385 g/mol. The number of halogens is 1. The SMILES string of the molecule is Cc1ccc(Cl)c(OC[C@@]2(O)CN(CC3(O)CCOCC3)CC[C@@H]2O)c1. The molecular formula is C19H28ClNO5.